The molecule has 1 atom stereocenters. The van der Waals surface area contributed by atoms with Crippen LogP contribution in [0.3, 0.4) is 0 Å². The van der Waals surface area contributed by atoms with E-state index in [9.17, 15) is 4.79 Å². The summed E-state index contributed by atoms with van der Waals surface area (Å²) in [5, 5.41) is 0. The molecule has 1 saturated heterocycles. The highest BCUT2D eigenvalue weighted by atomic mass is 16.1. The second-order valence-corrected chi connectivity index (χ2v) is 9.93. The third-order valence-electron chi connectivity index (χ3n) is 7.65. The topological polar surface area (TPSA) is 49.3 Å². The number of piperazine rings is 1. The van der Waals surface area contributed by atoms with Gasteiger partial charge in [-0.15, -0.1) is 0 Å². The number of carbonyl (C=O) groups excluding carboxylic acids is 1. The second-order valence-electron chi connectivity index (χ2n) is 9.93. The van der Waals surface area contributed by atoms with E-state index in [-0.39, 0.29) is 0 Å². The Morgan fingerprint density at radius 3 is 2.20 bits per heavy atom. The van der Waals surface area contributed by atoms with Crippen LogP contribution in [-0.4, -0.2) is 52.4 Å². The first-order valence-corrected chi connectivity index (χ1v) is 12.2. The standard InChI is InChI=1S/C23H36N4O.C2H6/c1-16(2)22-24-13-21(14-25-22)26-9-10-27(17(3)15-26)20-11-23(12-20)7-5-19(6-8-23)18(4)28;1-2/h13-14,16-17,19-20H,5-12,15H2,1-4H3;1-2H3. The van der Waals surface area contributed by atoms with Crippen molar-refractivity contribution in [3.63, 3.8) is 0 Å². The summed E-state index contributed by atoms with van der Waals surface area (Å²) in [6.07, 6.45) is 11.5. The van der Waals surface area contributed by atoms with Crippen LogP contribution in [-0.2, 0) is 4.79 Å². The van der Waals surface area contributed by atoms with E-state index in [2.05, 4.69) is 40.5 Å². The molecule has 0 amide bonds. The molecule has 2 aliphatic carbocycles. The number of anilines is 1. The van der Waals surface area contributed by atoms with Gasteiger partial charge in [0.2, 0.25) is 0 Å². The average molecular weight is 415 g/mol. The number of aromatic nitrogens is 2. The van der Waals surface area contributed by atoms with Crippen LogP contribution in [0, 0.1) is 11.3 Å². The van der Waals surface area contributed by atoms with Gasteiger partial charge < -0.3 is 4.90 Å². The van der Waals surface area contributed by atoms with E-state index in [4.69, 9.17) is 0 Å². The summed E-state index contributed by atoms with van der Waals surface area (Å²) in [4.78, 5) is 25.9. The van der Waals surface area contributed by atoms with Gasteiger partial charge in [0.1, 0.15) is 11.6 Å². The van der Waals surface area contributed by atoms with Crippen molar-refractivity contribution in [3.05, 3.63) is 18.2 Å². The Labute approximate surface area is 183 Å². The van der Waals surface area contributed by atoms with Crippen LogP contribution in [0.4, 0.5) is 5.69 Å². The van der Waals surface area contributed by atoms with E-state index in [1.165, 1.54) is 25.7 Å². The van der Waals surface area contributed by atoms with Crippen LogP contribution in [0.15, 0.2) is 12.4 Å². The zero-order valence-electron chi connectivity index (χ0n) is 20.0. The highest BCUT2D eigenvalue weighted by Crippen LogP contribution is 2.54. The van der Waals surface area contributed by atoms with E-state index < -0.39 is 0 Å². The first-order chi connectivity index (χ1) is 14.4. The van der Waals surface area contributed by atoms with Crippen molar-refractivity contribution >= 4 is 11.5 Å². The zero-order chi connectivity index (χ0) is 21.9. The zero-order valence-corrected chi connectivity index (χ0v) is 20.0. The summed E-state index contributed by atoms with van der Waals surface area (Å²) in [6.45, 7) is 15.7. The van der Waals surface area contributed by atoms with E-state index >= 15 is 0 Å². The molecule has 1 aromatic rings. The smallest absolute Gasteiger partial charge is 0.132 e. The lowest BCUT2D eigenvalue weighted by molar-refractivity contribution is -0.124. The van der Waals surface area contributed by atoms with Gasteiger partial charge in [-0.25, -0.2) is 9.97 Å². The van der Waals surface area contributed by atoms with Crippen molar-refractivity contribution in [2.75, 3.05) is 24.5 Å². The number of ketones is 1. The summed E-state index contributed by atoms with van der Waals surface area (Å²) in [6, 6.07) is 1.31. The lowest BCUT2D eigenvalue weighted by Crippen LogP contribution is -2.61. The number of Topliss-reactive ketones (excluding diaryl/α,β-unsaturated/α-hetero) is 1. The molecule has 4 rings (SSSR count). The minimum atomic E-state index is 0.344. The Bertz CT molecular complexity index is 686. The molecule has 0 radical (unpaired) electrons. The Morgan fingerprint density at radius 2 is 1.70 bits per heavy atom. The van der Waals surface area contributed by atoms with E-state index in [0.717, 1.165) is 50.0 Å². The van der Waals surface area contributed by atoms with Crippen LogP contribution in [0.5, 0.6) is 0 Å². The maximum Gasteiger partial charge on any atom is 0.132 e. The van der Waals surface area contributed by atoms with E-state index in [0.29, 0.717) is 29.1 Å². The molecule has 5 heteroatoms. The van der Waals surface area contributed by atoms with Crippen LogP contribution in [0.2, 0.25) is 0 Å². The Balaban J connectivity index is 0.00000124. The predicted octanol–water partition coefficient (Wildman–Crippen LogP) is 5.06. The van der Waals surface area contributed by atoms with Crippen LogP contribution in [0.1, 0.15) is 91.8 Å². The third-order valence-corrected chi connectivity index (χ3v) is 7.65. The largest absolute Gasteiger partial charge is 0.366 e. The number of hydrogen-bond acceptors (Lipinski definition) is 5. The summed E-state index contributed by atoms with van der Waals surface area (Å²) in [5.41, 5.74) is 1.71. The summed E-state index contributed by atoms with van der Waals surface area (Å²) in [7, 11) is 0. The van der Waals surface area contributed by atoms with E-state index in [1.54, 1.807) is 6.92 Å². The molecule has 2 saturated carbocycles. The van der Waals surface area contributed by atoms with Gasteiger partial charge in [0.05, 0.1) is 18.1 Å². The molecule has 3 fully saturated rings. The molecule has 168 valence electrons. The SMILES string of the molecule is CC.CC(=O)C1CCC2(CC1)CC(N1CCN(c3cnc(C(C)C)nc3)CC1C)C2. The van der Waals surface area contributed by atoms with Gasteiger partial charge in [-0.05, 0) is 57.8 Å². The Hall–Kier alpha value is -1.49. The fraction of sp³-hybridized carbons (Fsp3) is 0.800. The monoisotopic (exact) mass is 414 g/mol. The Morgan fingerprint density at radius 1 is 1.10 bits per heavy atom. The van der Waals surface area contributed by atoms with Crippen molar-refractivity contribution in [1.29, 1.82) is 0 Å². The highest BCUT2D eigenvalue weighted by molar-refractivity contribution is 5.78. The molecule has 5 nitrogen and oxygen atoms in total. The van der Waals surface area contributed by atoms with Crippen molar-refractivity contribution in [1.82, 2.24) is 14.9 Å². The van der Waals surface area contributed by atoms with Crippen molar-refractivity contribution < 1.29 is 4.79 Å². The van der Waals surface area contributed by atoms with Gasteiger partial charge in [-0.2, -0.15) is 0 Å². The molecule has 1 spiro atoms. The normalized spacial score (nSPS) is 31.8. The number of rotatable bonds is 4. The van der Waals surface area contributed by atoms with Gasteiger partial charge in [0, 0.05) is 43.6 Å². The number of hydrogen-bond donors (Lipinski definition) is 0. The lowest BCUT2D eigenvalue weighted by atomic mass is 9.56. The molecule has 1 aromatic heterocycles. The van der Waals surface area contributed by atoms with Crippen LogP contribution >= 0.6 is 0 Å². The average Bonchev–Trinajstić information content (AvgIpc) is 2.73. The summed E-state index contributed by atoms with van der Waals surface area (Å²) < 4.78 is 0. The fourth-order valence-electron chi connectivity index (χ4n) is 5.76. The Kier molecular flexibility index (Phi) is 7.54. The molecule has 0 bridgehead atoms. The van der Waals surface area contributed by atoms with Crippen LogP contribution < -0.4 is 4.90 Å². The van der Waals surface area contributed by atoms with Gasteiger partial charge in [0.25, 0.3) is 0 Å². The third kappa shape index (κ3) is 4.87. The molecule has 0 N–H and O–H groups in total. The van der Waals surface area contributed by atoms with Gasteiger partial charge in [-0.3, -0.25) is 9.69 Å². The fourth-order valence-corrected chi connectivity index (χ4v) is 5.76. The van der Waals surface area contributed by atoms with Crippen molar-refractivity contribution in [2.45, 2.75) is 98.1 Å². The molecular weight excluding hydrogens is 372 g/mol. The molecule has 1 unspecified atom stereocenters. The minimum Gasteiger partial charge on any atom is -0.366 e. The predicted molar refractivity (Wildman–Crippen MR) is 124 cm³/mol. The van der Waals surface area contributed by atoms with Crippen LogP contribution in [0.25, 0.3) is 0 Å². The summed E-state index contributed by atoms with van der Waals surface area (Å²) >= 11 is 0. The molecule has 1 aliphatic heterocycles. The molecule has 0 aromatic carbocycles. The maximum atomic E-state index is 11.6. The van der Waals surface area contributed by atoms with Gasteiger partial charge >= 0.3 is 0 Å². The van der Waals surface area contributed by atoms with Crippen molar-refractivity contribution in [2.24, 2.45) is 11.3 Å². The maximum absolute atomic E-state index is 11.6. The van der Waals surface area contributed by atoms with Crippen molar-refractivity contribution in [3.8, 4) is 0 Å². The quantitative estimate of drug-likeness (QED) is 0.689. The summed E-state index contributed by atoms with van der Waals surface area (Å²) in [5.74, 6) is 2.05. The molecule has 30 heavy (non-hydrogen) atoms. The first kappa shape index (κ1) is 23.2. The lowest BCUT2D eigenvalue weighted by Gasteiger charge is -2.57. The number of carbonyl (C=O) groups is 1. The van der Waals surface area contributed by atoms with Gasteiger partial charge in [0.15, 0.2) is 0 Å². The molecule has 3 aliphatic rings. The molecular formula is C25H42N4O. The molecule has 2 heterocycles. The minimum absolute atomic E-state index is 0.344. The number of nitrogens with zero attached hydrogens (tertiary/aromatic N) is 4. The van der Waals surface area contributed by atoms with Gasteiger partial charge in [-0.1, -0.05) is 27.7 Å². The van der Waals surface area contributed by atoms with E-state index in [1.807, 2.05) is 26.2 Å². The second kappa shape index (κ2) is 9.76. The highest BCUT2D eigenvalue weighted by Gasteiger charge is 2.49. The first-order valence-electron chi connectivity index (χ1n) is 12.2.